The van der Waals surface area contributed by atoms with Crippen molar-refractivity contribution in [3.8, 4) is 23.0 Å². The van der Waals surface area contributed by atoms with Crippen molar-refractivity contribution in [3.05, 3.63) is 71.5 Å². The third-order valence-corrected chi connectivity index (χ3v) is 3.95. The number of aromatic nitrogens is 4. The molecule has 0 radical (unpaired) electrons. The highest BCUT2D eigenvalue weighted by molar-refractivity contribution is 6.30. The summed E-state index contributed by atoms with van der Waals surface area (Å²) in [5.74, 6) is 0.467. The van der Waals surface area contributed by atoms with Crippen LogP contribution in [0.3, 0.4) is 0 Å². The maximum absolute atomic E-state index is 12.9. The molecular formula is C18H10ClF3N4O. The fourth-order valence-corrected chi connectivity index (χ4v) is 2.70. The molecule has 4 rings (SSSR count). The van der Waals surface area contributed by atoms with E-state index >= 15 is 0 Å². The molecule has 4 aromatic rings. The Kier molecular flexibility index (Phi) is 4.19. The van der Waals surface area contributed by atoms with Crippen LogP contribution in [0.1, 0.15) is 5.56 Å². The summed E-state index contributed by atoms with van der Waals surface area (Å²) in [6, 6.07) is 11.5. The van der Waals surface area contributed by atoms with Crippen molar-refractivity contribution in [2.24, 2.45) is 0 Å². The third kappa shape index (κ3) is 3.43. The number of pyridine rings is 2. The van der Waals surface area contributed by atoms with Crippen LogP contribution >= 0.6 is 11.6 Å². The van der Waals surface area contributed by atoms with Crippen LogP contribution < -0.4 is 4.74 Å². The monoisotopic (exact) mass is 390 g/mol. The van der Waals surface area contributed by atoms with E-state index in [4.69, 9.17) is 16.3 Å². The van der Waals surface area contributed by atoms with Gasteiger partial charge in [0.1, 0.15) is 5.75 Å². The lowest BCUT2D eigenvalue weighted by Gasteiger charge is -2.12. The molecule has 0 bridgehead atoms. The van der Waals surface area contributed by atoms with Gasteiger partial charge in [-0.15, -0.1) is 10.2 Å². The van der Waals surface area contributed by atoms with E-state index in [1.165, 1.54) is 18.3 Å². The van der Waals surface area contributed by atoms with Gasteiger partial charge in [-0.1, -0.05) is 23.7 Å². The quantitative estimate of drug-likeness (QED) is 0.479. The van der Waals surface area contributed by atoms with Gasteiger partial charge in [0.25, 0.3) is 0 Å². The number of rotatable bonds is 3. The van der Waals surface area contributed by atoms with Crippen LogP contribution in [0.15, 0.2) is 60.9 Å². The summed E-state index contributed by atoms with van der Waals surface area (Å²) in [5, 5.41) is 8.50. The van der Waals surface area contributed by atoms with Crippen molar-refractivity contribution in [1.29, 1.82) is 0 Å². The molecule has 0 N–H and O–H groups in total. The number of alkyl halides is 3. The van der Waals surface area contributed by atoms with Gasteiger partial charge in [0.05, 0.1) is 16.1 Å². The van der Waals surface area contributed by atoms with Crippen LogP contribution in [0.2, 0.25) is 5.02 Å². The Bertz CT molecular complexity index is 1130. The summed E-state index contributed by atoms with van der Waals surface area (Å²) in [6.07, 6.45) is -1.38. The second-order valence-corrected chi connectivity index (χ2v) is 6.02. The molecule has 0 fully saturated rings. The minimum atomic E-state index is -4.47. The average molecular weight is 391 g/mol. The molecule has 0 amide bonds. The Morgan fingerprint density at radius 3 is 2.67 bits per heavy atom. The van der Waals surface area contributed by atoms with Crippen molar-refractivity contribution in [1.82, 2.24) is 19.6 Å². The average Bonchev–Trinajstić information content (AvgIpc) is 3.07. The molecule has 0 atom stereocenters. The Morgan fingerprint density at radius 2 is 1.85 bits per heavy atom. The second kappa shape index (κ2) is 6.55. The molecule has 0 unspecified atom stereocenters. The van der Waals surface area contributed by atoms with Crippen LogP contribution in [0.25, 0.3) is 17.0 Å². The normalized spacial score (nSPS) is 11.7. The zero-order valence-electron chi connectivity index (χ0n) is 13.5. The van der Waals surface area contributed by atoms with Crippen molar-refractivity contribution >= 4 is 17.2 Å². The topological polar surface area (TPSA) is 52.3 Å². The molecule has 0 spiro atoms. The van der Waals surface area contributed by atoms with Gasteiger partial charge in [0.2, 0.25) is 5.88 Å². The van der Waals surface area contributed by atoms with Crippen molar-refractivity contribution in [2.75, 3.05) is 0 Å². The van der Waals surface area contributed by atoms with Gasteiger partial charge in [0.15, 0.2) is 11.5 Å². The van der Waals surface area contributed by atoms with Gasteiger partial charge in [-0.05, 0) is 36.4 Å². The van der Waals surface area contributed by atoms with Crippen LogP contribution in [0, 0.1) is 0 Å². The van der Waals surface area contributed by atoms with Gasteiger partial charge in [-0.25, -0.2) is 4.98 Å². The molecule has 136 valence electrons. The first kappa shape index (κ1) is 17.3. The minimum absolute atomic E-state index is 0.00489. The Balaban J connectivity index is 1.79. The Labute approximate surface area is 156 Å². The number of halogens is 4. The van der Waals surface area contributed by atoms with E-state index in [9.17, 15) is 13.2 Å². The molecule has 3 aromatic heterocycles. The van der Waals surface area contributed by atoms with Gasteiger partial charge >= 0.3 is 6.18 Å². The fourth-order valence-electron chi connectivity index (χ4n) is 2.54. The highest BCUT2D eigenvalue weighted by Crippen LogP contribution is 2.35. The first-order chi connectivity index (χ1) is 12.9. The van der Waals surface area contributed by atoms with E-state index in [2.05, 4.69) is 15.2 Å². The standard InChI is InChI=1S/C18H10ClF3N4O/c19-12-9-14(16-25-24-15-6-1-2-7-26(15)16)17(23-10-12)27-13-5-3-4-11(8-13)18(20,21)22/h1-10H. The van der Waals surface area contributed by atoms with E-state index in [0.29, 0.717) is 22.1 Å². The zero-order valence-corrected chi connectivity index (χ0v) is 14.2. The molecular weight excluding hydrogens is 381 g/mol. The SMILES string of the molecule is FC(F)(F)c1cccc(Oc2ncc(Cl)cc2-c2nnc3ccccn23)c1. The lowest BCUT2D eigenvalue weighted by molar-refractivity contribution is -0.137. The van der Waals surface area contributed by atoms with E-state index in [1.807, 2.05) is 6.07 Å². The summed E-state index contributed by atoms with van der Waals surface area (Å²) in [5.41, 5.74) is 0.180. The predicted octanol–water partition coefficient (Wildman–Crippen LogP) is 5.26. The van der Waals surface area contributed by atoms with Gasteiger partial charge < -0.3 is 4.74 Å². The maximum atomic E-state index is 12.9. The fraction of sp³-hybridized carbons (Fsp3) is 0.0556. The minimum Gasteiger partial charge on any atom is -0.438 e. The molecule has 0 aliphatic carbocycles. The first-order valence-corrected chi connectivity index (χ1v) is 8.10. The number of benzene rings is 1. The zero-order chi connectivity index (χ0) is 19.0. The molecule has 0 saturated carbocycles. The van der Waals surface area contributed by atoms with Gasteiger partial charge in [-0.3, -0.25) is 4.40 Å². The first-order valence-electron chi connectivity index (χ1n) is 7.72. The molecule has 5 nitrogen and oxygen atoms in total. The van der Waals surface area contributed by atoms with Crippen molar-refractivity contribution in [3.63, 3.8) is 0 Å². The van der Waals surface area contributed by atoms with Crippen LogP contribution in [0.5, 0.6) is 11.6 Å². The molecule has 0 saturated heterocycles. The molecule has 9 heteroatoms. The summed E-state index contributed by atoms with van der Waals surface area (Å²) in [6.45, 7) is 0. The van der Waals surface area contributed by atoms with Crippen molar-refractivity contribution < 1.29 is 17.9 Å². The van der Waals surface area contributed by atoms with E-state index in [0.717, 1.165) is 12.1 Å². The molecule has 0 aliphatic rings. The van der Waals surface area contributed by atoms with Gasteiger partial charge in [0, 0.05) is 12.4 Å². The van der Waals surface area contributed by atoms with Crippen LogP contribution in [-0.4, -0.2) is 19.6 Å². The number of ether oxygens (including phenoxy) is 1. The van der Waals surface area contributed by atoms with Crippen LogP contribution in [0.4, 0.5) is 13.2 Å². The van der Waals surface area contributed by atoms with Gasteiger partial charge in [-0.2, -0.15) is 13.2 Å². The van der Waals surface area contributed by atoms with E-state index in [1.54, 1.807) is 28.8 Å². The number of nitrogens with zero attached hydrogens (tertiary/aromatic N) is 4. The number of hydrogen-bond donors (Lipinski definition) is 0. The summed E-state index contributed by atoms with van der Waals surface area (Å²) in [7, 11) is 0. The highest BCUT2D eigenvalue weighted by atomic mass is 35.5. The lowest BCUT2D eigenvalue weighted by atomic mass is 10.2. The summed E-state index contributed by atoms with van der Waals surface area (Å²) >= 11 is 6.05. The maximum Gasteiger partial charge on any atom is 0.416 e. The third-order valence-electron chi connectivity index (χ3n) is 3.75. The largest absolute Gasteiger partial charge is 0.438 e. The summed E-state index contributed by atoms with van der Waals surface area (Å²) < 4.78 is 46.1. The molecule has 3 heterocycles. The van der Waals surface area contributed by atoms with Crippen LogP contribution in [-0.2, 0) is 6.18 Å². The smallest absolute Gasteiger partial charge is 0.416 e. The number of fused-ring (bicyclic) bond motifs is 1. The molecule has 0 aliphatic heterocycles. The lowest BCUT2D eigenvalue weighted by Crippen LogP contribution is -2.04. The Morgan fingerprint density at radius 1 is 1.00 bits per heavy atom. The predicted molar refractivity (Wildman–Crippen MR) is 92.7 cm³/mol. The van der Waals surface area contributed by atoms with E-state index < -0.39 is 11.7 Å². The Hall–Kier alpha value is -3.13. The second-order valence-electron chi connectivity index (χ2n) is 5.59. The number of hydrogen-bond acceptors (Lipinski definition) is 4. The molecule has 27 heavy (non-hydrogen) atoms. The summed E-state index contributed by atoms with van der Waals surface area (Å²) in [4.78, 5) is 4.11. The highest BCUT2D eigenvalue weighted by Gasteiger charge is 2.30. The molecule has 1 aromatic carbocycles. The van der Waals surface area contributed by atoms with Crippen molar-refractivity contribution in [2.45, 2.75) is 6.18 Å². The van der Waals surface area contributed by atoms with E-state index in [-0.39, 0.29) is 11.6 Å².